The molecule has 0 aliphatic heterocycles. The van der Waals surface area contributed by atoms with Crippen LogP contribution in [0, 0.1) is 0 Å². The smallest absolute Gasteiger partial charge is 0.137 e. The van der Waals surface area contributed by atoms with Crippen molar-refractivity contribution in [1.82, 2.24) is 4.57 Å². The minimum absolute atomic E-state index is 0.887. The van der Waals surface area contributed by atoms with Crippen molar-refractivity contribution < 1.29 is 4.42 Å². The van der Waals surface area contributed by atoms with Crippen LogP contribution in [0.15, 0.2) is 156 Å². The largest absolute Gasteiger partial charge is 0.456 e. The Bertz CT molecular complexity index is 3000. The standard InChI is InChI=1S/C46H30N2OS/c1-2-11-30(12-3-1)48-40-16-8-6-14-35(40)36-22-19-32(27-41(36)48)47(31-21-25-45-39(26-31)37-15-7-9-17-44(37)50-45)33-20-23-38-43(28-33)49-42-24-18-29-10-4-5-13-34(29)46(38)42/h1-6,8-14,16-28H,7,15H2. The number of hydrogen-bond acceptors (Lipinski definition) is 3. The highest BCUT2D eigenvalue weighted by molar-refractivity contribution is 7.20. The summed E-state index contributed by atoms with van der Waals surface area (Å²) in [4.78, 5) is 3.79. The summed E-state index contributed by atoms with van der Waals surface area (Å²) in [5.41, 5.74) is 10.1. The average molecular weight is 659 g/mol. The summed E-state index contributed by atoms with van der Waals surface area (Å²) in [6.45, 7) is 0. The van der Waals surface area contributed by atoms with Crippen LogP contribution in [0.3, 0.4) is 0 Å². The minimum Gasteiger partial charge on any atom is -0.456 e. The normalized spacial score (nSPS) is 13.0. The maximum absolute atomic E-state index is 6.61. The molecule has 236 valence electrons. The van der Waals surface area contributed by atoms with Crippen LogP contribution in [-0.2, 0) is 6.42 Å². The summed E-state index contributed by atoms with van der Waals surface area (Å²) >= 11 is 1.90. The Kier molecular flexibility index (Phi) is 5.95. The van der Waals surface area contributed by atoms with E-state index in [-0.39, 0.29) is 0 Å². The molecule has 0 radical (unpaired) electrons. The van der Waals surface area contributed by atoms with E-state index in [1.165, 1.54) is 58.5 Å². The number of para-hydroxylation sites is 2. The monoisotopic (exact) mass is 658 g/mol. The number of nitrogens with zero attached hydrogens (tertiary/aromatic N) is 2. The number of rotatable bonds is 4. The molecule has 11 rings (SSSR count). The van der Waals surface area contributed by atoms with E-state index in [1.54, 1.807) is 0 Å². The van der Waals surface area contributed by atoms with Crippen LogP contribution < -0.4 is 4.90 Å². The number of allylic oxidation sites excluding steroid dienone is 1. The highest BCUT2D eigenvalue weighted by Gasteiger charge is 2.21. The number of benzene rings is 7. The van der Waals surface area contributed by atoms with Crippen LogP contribution in [-0.4, -0.2) is 4.57 Å². The Morgan fingerprint density at radius 3 is 2.22 bits per heavy atom. The fourth-order valence-corrected chi connectivity index (χ4v) is 9.34. The molecule has 0 saturated carbocycles. The quantitative estimate of drug-likeness (QED) is 0.188. The van der Waals surface area contributed by atoms with Gasteiger partial charge in [0.1, 0.15) is 11.2 Å². The van der Waals surface area contributed by atoms with Crippen molar-refractivity contribution in [2.75, 3.05) is 4.90 Å². The molecule has 3 heterocycles. The van der Waals surface area contributed by atoms with Gasteiger partial charge in [-0.15, -0.1) is 11.3 Å². The molecule has 10 aromatic rings. The Morgan fingerprint density at radius 1 is 0.560 bits per heavy atom. The van der Waals surface area contributed by atoms with Gasteiger partial charge in [0.25, 0.3) is 0 Å². The number of fused-ring (bicyclic) bond motifs is 11. The number of furan rings is 1. The lowest BCUT2D eigenvalue weighted by Crippen LogP contribution is -2.10. The highest BCUT2D eigenvalue weighted by Crippen LogP contribution is 2.45. The number of anilines is 3. The molecular weight excluding hydrogens is 629 g/mol. The zero-order valence-electron chi connectivity index (χ0n) is 27.1. The van der Waals surface area contributed by atoms with Gasteiger partial charge in [0.2, 0.25) is 0 Å². The molecule has 3 nitrogen and oxygen atoms in total. The Labute approximate surface area is 292 Å². The Morgan fingerprint density at radius 2 is 1.30 bits per heavy atom. The van der Waals surface area contributed by atoms with Crippen LogP contribution in [0.2, 0.25) is 0 Å². The third-order valence-electron chi connectivity index (χ3n) is 10.4. The van der Waals surface area contributed by atoms with E-state index in [9.17, 15) is 0 Å². The minimum atomic E-state index is 0.887. The van der Waals surface area contributed by atoms with Gasteiger partial charge in [-0.25, -0.2) is 0 Å². The number of aromatic nitrogens is 1. The van der Waals surface area contributed by atoms with Crippen molar-refractivity contribution in [2.45, 2.75) is 12.8 Å². The van der Waals surface area contributed by atoms with Crippen LogP contribution in [0.25, 0.3) is 76.4 Å². The molecule has 0 N–H and O–H groups in total. The fraction of sp³-hybridized carbons (Fsp3) is 0.0435. The molecule has 0 spiro atoms. The van der Waals surface area contributed by atoms with Crippen LogP contribution in [0.4, 0.5) is 17.1 Å². The van der Waals surface area contributed by atoms with Crippen molar-refractivity contribution in [3.05, 3.63) is 162 Å². The van der Waals surface area contributed by atoms with Crippen molar-refractivity contribution in [1.29, 1.82) is 0 Å². The lowest BCUT2D eigenvalue weighted by Gasteiger charge is -2.26. The molecule has 0 saturated heterocycles. The van der Waals surface area contributed by atoms with Crippen LogP contribution in [0.5, 0.6) is 0 Å². The van der Waals surface area contributed by atoms with Crippen molar-refractivity contribution >= 4 is 99.1 Å². The lowest BCUT2D eigenvalue weighted by molar-refractivity contribution is 0.669. The van der Waals surface area contributed by atoms with Gasteiger partial charge in [-0.3, -0.25) is 0 Å². The summed E-state index contributed by atoms with van der Waals surface area (Å²) in [6.07, 6.45) is 6.77. The second kappa shape index (κ2) is 10.7. The first-order valence-corrected chi connectivity index (χ1v) is 18.0. The summed E-state index contributed by atoms with van der Waals surface area (Å²) in [5, 5.41) is 8.58. The second-order valence-corrected chi connectivity index (χ2v) is 14.3. The maximum Gasteiger partial charge on any atom is 0.137 e. The van der Waals surface area contributed by atoms with Crippen molar-refractivity contribution in [3.63, 3.8) is 0 Å². The van der Waals surface area contributed by atoms with E-state index in [1.807, 2.05) is 11.3 Å². The first-order chi connectivity index (χ1) is 24.8. The van der Waals surface area contributed by atoms with E-state index < -0.39 is 0 Å². The van der Waals surface area contributed by atoms with E-state index in [0.717, 1.165) is 52.1 Å². The van der Waals surface area contributed by atoms with Crippen molar-refractivity contribution in [2.24, 2.45) is 0 Å². The molecular formula is C46H30N2OS. The summed E-state index contributed by atoms with van der Waals surface area (Å²) in [6, 6.07) is 52.9. The van der Waals surface area contributed by atoms with Gasteiger partial charge in [0.05, 0.1) is 11.0 Å². The molecule has 7 aromatic carbocycles. The average Bonchev–Trinajstić information content (AvgIpc) is 3.84. The van der Waals surface area contributed by atoms with E-state index in [2.05, 4.69) is 167 Å². The molecule has 1 aliphatic carbocycles. The Balaban J connectivity index is 1.17. The fourth-order valence-electron chi connectivity index (χ4n) is 8.18. The number of aryl methyl sites for hydroxylation is 1. The third kappa shape index (κ3) is 4.09. The predicted molar refractivity (Wildman–Crippen MR) is 213 cm³/mol. The second-order valence-electron chi connectivity index (χ2n) is 13.2. The van der Waals surface area contributed by atoms with Gasteiger partial charge >= 0.3 is 0 Å². The molecule has 3 aromatic heterocycles. The molecule has 4 heteroatoms. The zero-order chi connectivity index (χ0) is 32.8. The first-order valence-electron chi connectivity index (χ1n) is 17.2. The number of thiophene rings is 1. The summed E-state index contributed by atoms with van der Waals surface area (Å²) < 4.78 is 10.3. The van der Waals surface area contributed by atoms with E-state index >= 15 is 0 Å². The Hall–Kier alpha value is -6.10. The van der Waals surface area contributed by atoms with E-state index in [0.29, 0.717) is 0 Å². The van der Waals surface area contributed by atoms with E-state index in [4.69, 9.17) is 4.42 Å². The summed E-state index contributed by atoms with van der Waals surface area (Å²) in [5.74, 6) is 0. The van der Waals surface area contributed by atoms with Crippen LogP contribution in [0.1, 0.15) is 16.9 Å². The maximum atomic E-state index is 6.61. The van der Waals surface area contributed by atoms with Gasteiger partial charge in [-0.1, -0.05) is 78.9 Å². The molecule has 0 bridgehead atoms. The molecule has 0 unspecified atom stereocenters. The molecule has 1 aliphatic rings. The zero-order valence-corrected chi connectivity index (χ0v) is 28.0. The first kappa shape index (κ1) is 27.8. The third-order valence-corrected chi connectivity index (χ3v) is 11.6. The number of hydrogen-bond donors (Lipinski definition) is 0. The molecule has 50 heavy (non-hydrogen) atoms. The summed E-state index contributed by atoms with van der Waals surface area (Å²) in [7, 11) is 0. The highest BCUT2D eigenvalue weighted by atomic mass is 32.1. The van der Waals surface area contributed by atoms with Crippen LogP contribution >= 0.6 is 11.3 Å². The topological polar surface area (TPSA) is 21.3 Å². The molecule has 0 amide bonds. The van der Waals surface area contributed by atoms with Gasteiger partial charge in [0.15, 0.2) is 0 Å². The van der Waals surface area contributed by atoms with Gasteiger partial charge in [-0.05, 0) is 107 Å². The van der Waals surface area contributed by atoms with Gasteiger partial charge in [-0.2, -0.15) is 0 Å². The van der Waals surface area contributed by atoms with Gasteiger partial charge in [0, 0.05) is 59.9 Å². The SMILES string of the molecule is C1=Cc2sc3ccc(N(c4ccc5c(c4)oc4ccc6ccccc6c45)c4ccc5c6ccccc6n(-c6ccccc6)c5c4)cc3c2CC1. The van der Waals surface area contributed by atoms with Crippen molar-refractivity contribution in [3.8, 4) is 5.69 Å². The molecule has 0 atom stereocenters. The predicted octanol–water partition coefficient (Wildman–Crippen LogP) is 13.5. The van der Waals surface area contributed by atoms with Gasteiger partial charge < -0.3 is 13.9 Å². The lowest BCUT2D eigenvalue weighted by atomic mass is 10.0. The molecule has 0 fully saturated rings.